The fourth-order valence-electron chi connectivity index (χ4n) is 2.37. The summed E-state index contributed by atoms with van der Waals surface area (Å²) in [7, 11) is 0. The lowest BCUT2D eigenvalue weighted by atomic mass is 10.1. The van der Waals surface area contributed by atoms with Gasteiger partial charge >= 0.3 is 0 Å². The molecule has 2 nitrogen and oxygen atoms in total. The minimum absolute atomic E-state index is 0.202. The monoisotopic (exact) mass is 416 g/mol. The molecule has 2 rings (SSSR count). The fraction of sp³-hybridized carbons (Fsp3) is 0.333. The maximum atomic E-state index is 6.06. The van der Waals surface area contributed by atoms with E-state index in [1.54, 1.807) is 11.3 Å². The van der Waals surface area contributed by atoms with Crippen LogP contribution in [0.5, 0.6) is 0 Å². The predicted molar refractivity (Wildman–Crippen MR) is 95.7 cm³/mol. The van der Waals surface area contributed by atoms with Crippen molar-refractivity contribution in [2.24, 2.45) is 5.73 Å². The van der Waals surface area contributed by atoms with Gasteiger partial charge in [0.15, 0.2) is 0 Å². The molecule has 0 spiro atoms. The Kier molecular flexibility index (Phi) is 5.66. The molecule has 2 N–H and O–H groups in total. The Bertz CT molecular complexity index is 564. The SMILES string of the molecule is CCN(c1ccccc1C)C(CN)c1cc(Br)c(Br)s1. The molecule has 0 amide bonds. The van der Waals surface area contributed by atoms with Gasteiger partial charge in [0.1, 0.15) is 0 Å². The number of benzene rings is 1. The zero-order chi connectivity index (χ0) is 14.7. The van der Waals surface area contributed by atoms with Gasteiger partial charge in [0.2, 0.25) is 0 Å². The van der Waals surface area contributed by atoms with Gasteiger partial charge in [0, 0.05) is 28.1 Å². The summed E-state index contributed by atoms with van der Waals surface area (Å²) in [5.41, 5.74) is 8.60. The van der Waals surface area contributed by atoms with Crippen LogP contribution in [0.1, 0.15) is 23.4 Å². The number of aryl methyl sites for hydroxylation is 1. The molecule has 108 valence electrons. The first-order valence-electron chi connectivity index (χ1n) is 6.55. The second-order valence-electron chi connectivity index (χ2n) is 4.59. The Balaban J connectivity index is 2.40. The van der Waals surface area contributed by atoms with E-state index in [0.717, 1.165) is 14.8 Å². The summed E-state index contributed by atoms with van der Waals surface area (Å²) in [5, 5.41) is 0. The van der Waals surface area contributed by atoms with Crippen LogP contribution in [-0.2, 0) is 0 Å². The van der Waals surface area contributed by atoms with Crippen LogP contribution in [0, 0.1) is 6.92 Å². The van der Waals surface area contributed by atoms with Crippen LogP contribution in [0.2, 0.25) is 0 Å². The zero-order valence-corrected chi connectivity index (χ0v) is 15.6. The van der Waals surface area contributed by atoms with E-state index in [0.29, 0.717) is 6.54 Å². The quantitative estimate of drug-likeness (QED) is 0.732. The molecule has 0 fully saturated rings. The Labute approximate surface area is 141 Å². The highest BCUT2D eigenvalue weighted by atomic mass is 79.9. The summed E-state index contributed by atoms with van der Waals surface area (Å²) >= 11 is 8.87. The van der Waals surface area contributed by atoms with E-state index in [-0.39, 0.29) is 6.04 Å². The predicted octanol–water partition coefficient (Wildman–Crippen LogP) is 5.11. The fourth-order valence-corrected chi connectivity index (χ4v) is 4.58. The molecule has 5 heteroatoms. The lowest BCUT2D eigenvalue weighted by Crippen LogP contribution is -2.33. The third-order valence-corrected chi connectivity index (χ3v) is 6.72. The van der Waals surface area contributed by atoms with Crippen molar-refractivity contribution in [3.8, 4) is 0 Å². The number of hydrogen-bond acceptors (Lipinski definition) is 3. The van der Waals surface area contributed by atoms with Gasteiger partial charge in [-0.05, 0) is 63.4 Å². The molecule has 1 aromatic carbocycles. The van der Waals surface area contributed by atoms with Crippen LogP contribution in [0.15, 0.2) is 38.6 Å². The summed E-state index contributed by atoms with van der Waals surface area (Å²) in [4.78, 5) is 3.65. The maximum absolute atomic E-state index is 6.06. The highest BCUT2D eigenvalue weighted by Gasteiger charge is 2.22. The van der Waals surface area contributed by atoms with Crippen molar-refractivity contribution in [1.29, 1.82) is 0 Å². The van der Waals surface area contributed by atoms with Gasteiger partial charge in [-0.25, -0.2) is 0 Å². The molecule has 0 aliphatic heterocycles. The molecule has 0 bridgehead atoms. The molecule has 1 atom stereocenters. The van der Waals surface area contributed by atoms with Gasteiger partial charge in [0.05, 0.1) is 9.83 Å². The molecule has 1 aromatic heterocycles. The smallest absolute Gasteiger partial charge is 0.0844 e. The van der Waals surface area contributed by atoms with Crippen molar-refractivity contribution in [3.05, 3.63) is 49.0 Å². The zero-order valence-electron chi connectivity index (χ0n) is 11.6. The Morgan fingerprint density at radius 1 is 1.30 bits per heavy atom. The number of halogens is 2. The normalized spacial score (nSPS) is 12.4. The third kappa shape index (κ3) is 3.27. The van der Waals surface area contributed by atoms with Crippen molar-refractivity contribution < 1.29 is 0 Å². The van der Waals surface area contributed by atoms with Crippen LogP contribution in [-0.4, -0.2) is 13.1 Å². The van der Waals surface area contributed by atoms with E-state index in [2.05, 4.69) is 80.9 Å². The van der Waals surface area contributed by atoms with E-state index in [1.165, 1.54) is 16.1 Å². The first-order chi connectivity index (χ1) is 9.58. The van der Waals surface area contributed by atoms with Crippen molar-refractivity contribution in [2.45, 2.75) is 19.9 Å². The van der Waals surface area contributed by atoms with E-state index in [1.807, 2.05) is 0 Å². The number of nitrogens with two attached hydrogens (primary N) is 1. The molecular weight excluding hydrogens is 400 g/mol. The molecule has 0 aliphatic rings. The molecule has 20 heavy (non-hydrogen) atoms. The van der Waals surface area contributed by atoms with Gasteiger partial charge in [-0.2, -0.15) is 0 Å². The van der Waals surface area contributed by atoms with Gasteiger partial charge in [-0.3, -0.25) is 0 Å². The lowest BCUT2D eigenvalue weighted by molar-refractivity contribution is 0.651. The standard InChI is InChI=1S/C15H18Br2N2S/c1-3-19(12-7-5-4-6-10(12)2)13(9-18)14-8-11(16)15(17)20-14/h4-8,13H,3,9,18H2,1-2H3. The Hall–Kier alpha value is -0.360. The van der Waals surface area contributed by atoms with Crippen LogP contribution in [0.4, 0.5) is 5.69 Å². The topological polar surface area (TPSA) is 29.3 Å². The Morgan fingerprint density at radius 3 is 2.50 bits per heavy atom. The van der Waals surface area contributed by atoms with Gasteiger partial charge in [0.25, 0.3) is 0 Å². The Morgan fingerprint density at radius 2 is 2.00 bits per heavy atom. The lowest BCUT2D eigenvalue weighted by Gasteiger charge is -2.32. The summed E-state index contributed by atoms with van der Waals surface area (Å²) in [6.45, 7) is 5.85. The first kappa shape index (κ1) is 16.0. The first-order valence-corrected chi connectivity index (χ1v) is 8.95. The number of nitrogens with zero attached hydrogens (tertiary/aromatic N) is 1. The summed E-state index contributed by atoms with van der Waals surface area (Å²) in [6.07, 6.45) is 0. The number of para-hydroxylation sites is 1. The van der Waals surface area contributed by atoms with Crippen LogP contribution in [0.3, 0.4) is 0 Å². The van der Waals surface area contributed by atoms with E-state index in [4.69, 9.17) is 5.73 Å². The summed E-state index contributed by atoms with van der Waals surface area (Å²) < 4.78 is 2.21. The van der Waals surface area contributed by atoms with E-state index < -0.39 is 0 Å². The van der Waals surface area contributed by atoms with Crippen LogP contribution < -0.4 is 10.6 Å². The molecule has 1 unspecified atom stereocenters. The van der Waals surface area contributed by atoms with Crippen molar-refractivity contribution in [3.63, 3.8) is 0 Å². The van der Waals surface area contributed by atoms with Gasteiger partial charge in [-0.15, -0.1) is 11.3 Å². The van der Waals surface area contributed by atoms with Gasteiger partial charge < -0.3 is 10.6 Å². The van der Waals surface area contributed by atoms with Crippen LogP contribution >= 0.6 is 43.2 Å². The maximum Gasteiger partial charge on any atom is 0.0844 e. The number of thiophene rings is 1. The molecule has 0 saturated carbocycles. The molecule has 1 heterocycles. The van der Waals surface area contributed by atoms with E-state index in [9.17, 15) is 0 Å². The highest BCUT2D eigenvalue weighted by molar-refractivity contribution is 9.13. The highest BCUT2D eigenvalue weighted by Crippen LogP contribution is 2.38. The number of anilines is 1. The number of likely N-dealkylation sites (N-methyl/N-ethyl adjacent to an activating group) is 1. The second-order valence-corrected chi connectivity index (χ2v) is 7.85. The number of hydrogen-bond donors (Lipinski definition) is 1. The largest absolute Gasteiger partial charge is 0.362 e. The molecule has 0 radical (unpaired) electrons. The minimum Gasteiger partial charge on any atom is -0.362 e. The van der Waals surface area contributed by atoms with E-state index >= 15 is 0 Å². The summed E-state index contributed by atoms with van der Waals surface area (Å²) in [5.74, 6) is 0. The van der Waals surface area contributed by atoms with Crippen molar-refractivity contribution >= 4 is 48.9 Å². The average Bonchev–Trinajstić information content (AvgIpc) is 2.76. The average molecular weight is 418 g/mol. The molecule has 0 saturated heterocycles. The van der Waals surface area contributed by atoms with Gasteiger partial charge in [-0.1, -0.05) is 18.2 Å². The summed E-state index contributed by atoms with van der Waals surface area (Å²) in [6, 6.07) is 10.8. The minimum atomic E-state index is 0.202. The molecule has 2 aromatic rings. The van der Waals surface area contributed by atoms with Crippen LogP contribution in [0.25, 0.3) is 0 Å². The number of rotatable bonds is 5. The second kappa shape index (κ2) is 7.07. The third-order valence-electron chi connectivity index (χ3n) is 3.36. The van der Waals surface area contributed by atoms with Crippen molar-refractivity contribution in [1.82, 2.24) is 0 Å². The van der Waals surface area contributed by atoms with Crippen molar-refractivity contribution in [2.75, 3.05) is 18.0 Å². The molecule has 0 aliphatic carbocycles. The molecular formula is C15H18Br2N2S.